The molecule has 6 nitrogen and oxygen atoms in total. The first-order chi connectivity index (χ1) is 17.5. The molecule has 4 rings (SSSR count). The van der Waals surface area contributed by atoms with Gasteiger partial charge >= 0.3 is 5.97 Å². The SMILES string of the molecule is C[C@@H](CCc1ccccc1)NC(=O)COC(=O)CSc1nc2cc(Cl)ccc2n1Cc1ccccc1. The summed E-state index contributed by atoms with van der Waals surface area (Å²) in [6.45, 7) is 2.26. The summed E-state index contributed by atoms with van der Waals surface area (Å²) in [5, 5.41) is 4.18. The number of fused-ring (bicyclic) bond motifs is 1. The lowest BCUT2D eigenvalue weighted by Gasteiger charge is -2.14. The van der Waals surface area contributed by atoms with Crippen molar-refractivity contribution in [2.45, 2.75) is 37.5 Å². The number of esters is 1. The fraction of sp³-hybridized carbons (Fsp3) is 0.250. The van der Waals surface area contributed by atoms with Crippen molar-refractivity contribution in [3.05, 3.63) is 95.0 Å². The van der Waals surface area contributed by atoms with Crippen LogP contribution < -0.4 is 5.32 Å². The summed E-state index contributed by atoms with van der Waals surface area (Å²) in [6, 6.07) is 25.7. The first-order valence-electron chi connectivity index (χ1n) is 11.8. The molecule has 4 aromatic rings. The lowest BCUT2D eigenvalue weighted by atomic mass is 10.1. The highest BCUT2D eigenvalue weighted by atomic mass is 35.5. The first kappa shape index (κ1) is 25.8. The van der Waals surface area contributed by atoms with Crippen LogP contribution in [0.2, 0.25) is 5.02 Å². The standard InChI is InChI=1S/C28H28ClN3O3S/c1-20(12-13-21-8-4-2-5-9-21)30-26(33)18-35-27(34)19-36-28-31-24-16-23(29)14-15-25(24)32(28)17-22-10-6-3-7-11-22/h2-11,14-16,20H,12-13,17-19H2,1H3,(H,30,33)/t20-/m0/s1. The molecule has 1 atom stereocenters. The van der Waals surface area contributed by atoms with Crippen LogP contribution in [-0.2, 0) is 27.3 Å². The number of thioether (sulfide) groups is 1. The van der Waals surface area contributed by atoms with E-state index in [1.165, 1.54) is 17.3 Å². The highest BCUT2D eigenvalue weighted by molar-refractivity contribution is 7.99. The molecule has 0 spiro atoms. The van der Waals surface area contributed by atoms with E-state index in [0.717, 1.165) is 29.4 Å². The molecule has 1 N–H and O–H groups in total. The Morgan fingerprint density at radius 2 is 1.72 bits per heavy atom. The van der Waals surface area contributed by atoms with E-state index in [1.54, 1.807) is 0 Å². The highest BCUT2D eigenvalue weighted by Gasteiger charge is 2.16. The summed E-state index contributed by atoms with van der Waals surface area (Å²) < 4.78 is 7.27. The lowest BCUT2D eigenvalue weighted by Crippen LogP contribution is -2.36. The predicted molar refractivity (Wildman–Crippen MR) is 144 cm³/mol. The zero-order chi connectivity index (χ0) is 25.3. The van der Waals surface area contributed by atoms with Crippen LogP contribution in [0.1, 0.15) is 24.5 Å². The molecule has 0 radical (unpaired) electrons. The zero-order valence-electron chi connectivity index (χ0n) is 20.0. The molecular formula is C28H28ClN3O3S. The fourth-order valence-corrected chi connectivity index (χ4v) is 4.82. The maximum Gasteiger partial charge on any atom is 0.316 e. The summed E-state index contributed by atoms with van der Waals surface area (Å²) >= 11 is 7.44. The number of ether oxygens (including phenoxy) is 1. The van der Waals surface area contributed by atoms with Gasteiger partial charge in [0.15, 0.2) is 11.8 Å². The number of carbonyl (C=O) groups excluding carboxylic acids is 2. The molecule has 0 aliphatic carbocycles. The smallest absolute Gasteiger partial charge is 0.316 e. The number of rotatable bonds is 11. The molecule has 1 heterocycles. The van der Waals surface area contributed by atoms with Crippen molar-refractivity contribution in [2.24, 2.45) is 0 Å². The maximum absolute atomic E-state index is 12.4. The number of nitrogens with one attached hydrogen (secondary N) is 1. The molecular weight excluding hydrogens is 494 g/mol. The largest absolute Gasteiger partial charge is 0.455 e. The van der Waals surface area contributed by atoms with Gasteiger partial charge in [0.2, 0.25) is 0 Å². The number of halogens is 1. The van der Waals surface area contributed by atoms with Crippen LogP contribution in [0.25, 0.3) is 11.0 Å². The molecule has 186 valence electrons. The summed E-state index contributed by atoms with van der Waals surface area (Å²) in [7, 11) is 0. The van der Waals surface area contributed by atoms with Crippen molar-refractivity contribution in [3.63, 3.8) is 0 Å². The maximum atomic E-state index is 12.4. The van der Waals surface area contributed by atoms with Crippen LogP contribution in [0.15, 0.2) is 84.0 Å². The second-order valence-electron chi connectivity index (χ2n) is 8.54. The van der Waals surface area contributed by atoms with Crippen molar-refractivity contribution < 1.29 is 14.3 Å². The number of carbonyl (C=O) groups is 2. The third-order valence-corrected chi connectivity index (χ3v) is 6.84. The van der Waals surface area contributed by atoms with E-state index < -0.39 is 5.97 Å². The number of aromatic nitrogens is 2. The molecule has 0 saturated heterocycles. The lowest BCUT2D eigenvalue weighted by molar-refractivity contribution is -0.146. The molecule has 0 aliphatic rings. The van der Waals surface area contributed by atoms with Crippen LogP contribution in [-0.4, -0.2) is 39.8 Å². The van der Waals surface area contributed by atoms with E-state index in [0.29, 0.717) is 16.7 Å². The Bertz CT molecular complexity index is 1310. The van der Waals surface area contributed by atoms with Gasteiger partial charge in [-0.05, 0) is 49.1 Å². The number of nitrogens with zero attached hydrogens (tertiary/aromatic N) is 2. The van der Waals surface area contributed by atoms with Crippen LogP contribution in [0.4, 0.5) is 0 Å². The van der Waals surface area contributed by atoms with Gasteiger partial charge in [0.25, 0.3) is 5.91 Å². The van der Waals surface area contributed by atoms with Crippen LogP contribution >= 0.6 is 23.4 Å². The van der Waals surface area contributed by atoms with Crippen LogP contribution in [0.5, 0.6) is 0 Å². The van der Waals surface area contributed by atoms with Gasteiger partial charge in [0, 0.05) is 11.1 Å². The molecule has 3 aromatic carbocycles. The van der Waals surface area contributed by atoms with Gasteiger partial charge in [-0.2, -0.15) is 0 Å². The van der Waals surface area contributed by atoms with Crippen LogP contribution in [0, 0.1) is 0 Å². The Kier molecular flexibility index (Phi) is 9.03. The number of imidazole rings is 1. The van der Waals surface area contributed by atoms with Gasteiger partial charge in [0.1, 0.15) is 0 Å². The molecule has 1 aromatic heterocycles. The van der Waals surface area contributed by atoms with E-state index in [2.05, 4.69) is 27.0 Å². The van der Waals surface area contributed by atoms with Crippen molar-refractivity contribution >= 4 is 46.3 Å². The van der Waals surface area contributed by atoms with Crippen molar-refractivity contribution in [1.82, 2.24) is 14.9 Å². The topological polar surface area (TPSA) is 73.2 Å². The zero-order valence-corrected chi connectivity index (χ0v) is 21.6. The van der Waals surface area contributed by atoms with Gasteiger partial charge in [-0.15, -0.1) is 0 Å². The quantitative estimate of drug-likeness (QED) is 0.208. The van der Waals surface area contributed by atoms with E-state index in [-0.39, 0.29) is 24.3 Å². The highest BCUT2D eigenvalue weighted by Crippen LogP contribution is 2.27. The third-order valence-electron chi connectivity index (χ3n) is 5.66. The minimum atomic E-state index is -0.469. The van der Waals surface area contributed by atoms with Gasteiger partial charge in [-0.25, -0.2) is 4.98 Å². The monoisotopic (exact) mass is 521 g/mol. The van der Waals surface area contributed by atoms with E-state index in [9.17, 15) is 9.59 Å². The molecule has 1 amide bonds. The molecule has 0 saturated carbocycles. The van der Waals surface area contributed by atoms with Gasteiger partial charge < -0.3 is 14.6 Å². The second kappa shape index (κ2) is 12.6. The average Bonchev–Trinajstić information content (AvgIpc) is 3.22. The Morgan fingerprint density at radius 3 is 2.44 bits per heavy atom. The number of benzene rings is 3. The first-order valence-corrected chi connectivity index (χ1v) is 13.2. The average molecular weight is 522 g/mol. The van der Waals surface area contributed by atoms with Gasteiger partial charge in [-0.3, -0.25) is 9.59 Å². The van der Waals surface area contributed by atoms with Crippen molar-refractivity contribution in [1.29, 1.82) is 0 Å². The minimum absolute atomic E-state index is 0.0181. The normalized spacial score (nSPS) is 11.8. The number of hydrogen-bond donors (Lipinski definition) is 1. The summed E-state index contributed by atoms with van der Waals surface area (Å²) in [4.78, 5) is 29.3. The molecule has 8 heteroatoms. The Hall–Kier alpha value is -3.29. The third kappa shape index (κ3) is 7.35. The Balaban J connectivity index is 1.29. The van der Waals surface area contributed by atoms with Crippen molar-refractivity contribution in [3.8, 4) is 0 Å². The Morgan fingerprint density at radius 1 is 1.03 bits per heavy atom. The summed E-state index contributed by atoms with van der Waals surface area (Å²) in [6.07, 6.45) is 1.68. The van der Waals surface area contributed by atoms with Gasteiger partial charge in [0.05, 0.1) is 23.3 Å². The molecule has 0 unspecified atom stereocenters. The van der Waals surface area contributed by atoms with Crippen molar-refractivity contribution in [2.75, 3.05) is 12.4 Å². The molecule has 0 aliphatic heterocycles. The van der Waals surface area contributed by atoms with E-state index in [4.69, 9.17) is 16.3 Å². The number of amides is 1. The predicted octanol–water partition coefficient (Wildman–Crippen LogP) is 5.51. The number of aryl methyl sites for hydroxylation is 1. The summed E-state index contributed by atoms with van der Waals surface area (Å²) in [5.74, 6) is -0.730. The second-order valence-corrected chi connectivity index (χ2v) is 9.92. The van der Waals surface area contributed by atoms with Crippen LogP contribution in [0.3, 0.4) is 0 Å². The molecule has 0 bridgehead atoms. The Labute approximate surface area is 220 Å². The van der Waals surface area contributed by atoms with E-state index >= 15 is 0 Å². The molecule has 0 fully saturated rings. The fourth-order valence-electron chi connectivity index (χ4n) is 3.84. The summed E-state index contributed by atoms with van der Waals surface area (Å²) in [5.41, 5.74) is 4.04. The number of hydrogen-bond acceptors (Lipinski definition) is 5. The van der Waals surface area contributed by atoms with E-state index in [1.807, 2.05) is 73.7 Å². The minimum Gasteiger partial charge on any atom is -0.455 e. The van der Waals surface area contributed by atoms with Gasteiger partial charge in [-0.1, -0.05) is 84.0 Å². The molecule has 36 heavy (non-hydrogen) atoms.